The molecule has 0 amide bonds. The fraction of sp³-hybridized carbons (Fsp3) is 0.179. The number of hydrogen-bond acceptors (Lipinski definition) is 3. The van der Waals surface area contributed by atoms with Crippen LogP contribution in [-0.2, 0) is 6.61 Å². The number of halogens is 1. The van der Waals surface area contributed by atoms with Gasteiger partial charge in [-0.05, 0) is 76.3 Å². The molecule has 4 heteroatoms. The van der Waals surface area contributed by atoms with Crippen molar-refractivity contribution in [3.8, 4) is 34.8 Å². The van der Waals surface area contributed by atoms with Gasteiger partial charge in [0, 0.05) is 15.6 Å². The molecule has 1 aromatic heterocycles. The van der Waals surface area contributed by atoms with Gasteiger partial charge in [-0.3, -0.25) is 0 Å². The van der Waals surface area contributed by atoms with Crippen LogP contribution in [0, 0.1) is 30.1 Å². The van der Waals surface area contributed by atoms with Gasteiger partial charge in [-0.15, -0.1) is 17.3 Å². The average Bonchev–Trinajstić information content (AvgIpc) is 3.13. The predicted octanol–water partition coefficient (Wildman–Crippen LogP) is 8.24. The number of fused-ring (bicyclic) bond motifs is 1. The summed E-state index contributed by atoms with van der Waals surface area (Å²) in [7, 11) is 0. The van der Waals surface area contributed by atoms with Gasteiger partial charge in [0.25, 0.3) is 0 Å². The van der Waals surface area contributed by atoms with Crippen LogP contribution in [0.3, 0.4) is 0 Å². The summed E-state index contributed by atoms with van der Waals surface area (Å²) in [6, 6.07) is 25.1. The van der Waals surface area contributed by atoms with Crippen molar-refractivity contribution in [3.05, 3.63) is 87.2 Å². The van der Waals surface area contributed by atoms with Gasteiger partial charge in [0.1, 0.15) is 12.4 Å². The standard InChI is InChI=1S/C28H22BrNOS/c1-3-6-21(15-16-30)22-10-12-23(13-11-22)31-18-20-9-14-26-25(17-20)27(28(29)32-26)24-8-5-4-7-19(24)2/h4-5,7-14,17,21H,15,18H2,1-2H3/t21-/m0/s1. The summed E-state index contributed by atoms with van der Waals surface area (Å²) < 4.78 is 8.47. The predicted molar refractivity (Wildman–Crippen MR) is 137 cm³/mol. The van der Waals surface area contributed by atoms with E-state index in [1.54, 1.807) is 18.3 Å². The highest BCUT2D eigenvalue weighted by atomic mass is 79.9. The lowest BCUT2D eigenvalue weighted by Crippen LogP contribution is -1.97. The minimum atomic E-state index is -0.0571. The molecule has 3 aromatic carbocycles. The molecule has 0 fully saturated rings. The lowest BCUT2D eigenvalue weighted by atomic mass is 9.97. The molecule has 0 radical (unpaired) electrons. The van der Waals surface area contributed by atoms with Gasteiger partial charge in [-0.25, -0.2) is 0 Å². The zero-order valence-electron chi connectivity index (χ0n) is 18.0. The fourth-order valence-corrected chi connectivity index (χ4v) is 5.66. The van der Waals surface area contributed by atoms with E-state index in [0.717, 1.165) is 20.7 Å². The number of aryl methyl sites for hydroxylation is 1. The third-order valence-corrected chi connectivity index (χ3v) is 7.27. The number of thiophene rings is 1. The molecule has 0 bridgehead atoms. The maximum Gasteiger partial charge on any atom is 0.119 e. The molecule has 32 heavy (non-hydrogen) atoms. The van der Waals surface area contributed by atoms with Crippen LogP contribution < -0.4 is 4.74 Å². The van der Waals surface area contributed by atoms with Crippen molar-refractivity contribution < 1.29 is 4.74 Å². The molecular weight excluding hydrogens is 478 g/mol. The summed E-state index contributed by atoms with van der Waals surface area (Å²) in [5.74, 6) is 6.76. The van der Waals surface area contributed by atoms with E-state index in [9.17, 15) is 0 Å². The lowest BCUT2D eigenvalue weighted by molar-refractivity contribution is 0.306. The van der Waals surface area contributed by atoms with Crippen LogP contribution in [0.2, 0.25) is 0 Å². The Kier molecular flexibility index (Phi) is 6.96. The molecular formula is C28H22BrNOS. The van der Waals surface area contributed by atoms with Crippen molar-refractivity contribution in [2.45, 2.75) is 32.8 Å². The second kappa shape index (κ2) is 10.0. The molecule has 0 saturated carbocycles. The van der Waals surface area contributed by atoms with Gasteiger partial charge in [-0.1, -0.05) is 48.4 Å². The lowest BCUT2D eigenvalue weighted by Gasteiger charge is -2.10. The Morgan fingerprint density at radius 2 is 1.84 bits per heavy atom. The van der Waals surface area contributed by atoms with Crippen molar-refractivity contribution in [2.24, 2.45) is 0 Å². The van der Waals surface area contributed by atoms with Crippen LogP contribution in [-0.4, -0.2) is 0 Å². The van der Waals surface area contributed by atoms with Crippen LogP contribution in [0.5, 0.6) is 5.75 Å². The van der Waals surface area contributed by atoms with E-state index in [1.165, 1.54) is 26.8 Å². The molecule has 1 atom stereocenters. The van der Waals surface area contributed by atoms with Gasteiger partial charge < -0.3 is 4.74 Å². The van der Waals surface area contributed by atoms with Gasteiger partial charge in [0.15, 0.2) is 0 Å². The Balaban J connectivity index is 1.55. The molecule has 0 spiro atoms. The first kappa shape index (κ1) is 22.2. The minimum Gasteiger partial charge on any atom is -0.489 e. The van der Waals surface area contributed by atoms with Crippen LogP contribution >= 0.6 is 27.3 Å². The Bertz CT molecular complexity index is 1350. The van der Waals surface area contributed by atoms with Crippen molar-refractivity contribution in [1.29, 1.82) is 5.26 Å². The Morgan fingerprint density at radius 1 is 1.06 bits per heavy atom. The molecule has 4 rings (SSSR count). The summed E-state index contributed by atoms with van der Waals surface area (Å²) in [5, 5.41) is 10.3. The molecule has 0 unspecified atom stereocenters. The van der Waals surface area contributed by atoms with E-state index >= 15 is 0 Å². The van der Waals surface area contributed by atoms with Crippen molar-refractivity contribution >= 4 is 37.4 Å². The molecule has 158 valence electrons. The second-order valence-electron chi connectivity index (χ2n) is 7.56. The number of benzene rings is 3. The van der Waals surface area contributed by atoms with Crippen LogP contribution in [0.15, 0.2) is 70.5 Å². The van der Waals surface area contributed by atoms with Gasteiger partial charge in [0.2, 0.25) is 0 Å². The van der Waals surface area contributed by atoms with E-state index in [0.29, 0.717) is 13.0 Å². The highest BCUT2D eigenvalue weighted by molar-refractivity contribution is 9.11. The molecule has 1 heterocycles. The highest BCUT2D eigenvalue weighted by Gasteiger charge is 2.15. The monoisotopic (exact) mass is 499 g/mol. The van der Waals surface area contributed by atoms with Crippen molar-refractivity contribution in [1.82, 2.24) is 0 Å². The van der Waals surface area contributed by atoms with Crippen LogP contribution in [0.1, 0.15) is 36.0 Å². The zero-order valence-corrected chi connectivity index (χ0v) is 20.4. The number of hydrogen-bond donors (Lipinski definition) is 0. The minimum absolute atomic E-state index is 0.0571. The summed E-state index contributed by atoms with van der Waals surface area (Å²) in [6.45, 7) is 4.44. The van der Waals surface area contributed by atoms with Gasteiger partial charge >= 0.3 is 0 Å². The molecule has 0 N–H and O–H groups in total. The summed E-state index contributed by atoms with van der Waals surface area (Å²) >= 11 is 5.54. The molecule has 0 aliphatic carbocycles. The quantitative estimate of drug-likeness (QED) is 0.250. The van der Waals surface area contributed by atoms with E-state index in [1.807, 2.05) is 24.3 Å². The Labute approximate surface area is 201 Å². The van der Waals surface area contributed by atoms with E-state index in [2.05, 4.69) is 83.2 Å². The second-order valence-corrected chi connectivity index (χ2v) is 9.93. The summed E-state index contributed by atoms with van der Waals surface area (Å²) in [6.07, 6.45) is 0.389. The summed E-state index contributed by atoms with van der Waals surface area (Å²) in [5.41, 5.74) is 5.93. The molecule has 2 nitrogen and oxygen atoms in total. The average molecular weight is 500 g/mol. The SMILES string of the molecule is CC#C[C@@H](CC#N)c1ccc(OCc2ccc3sc(Br)c(-c4ccccc4C)c3c2)cc1. The number of ether oxygens (including phenoxy) is 1. The first-order valence-electron chi connectivity index (χ1n) is 10.4. The largest absolute Gasteiger partial charge is 0.489 e. The Morgan fingerprint density at radius 3 is 2.56 bits per heavy atom. The molecule has 0 aliphatic rings. The Hall–Kier alpha value is -3.05. The molecule has 0 aliphatic heterocycles. The summed E-state index contributed by atoms with van der Waals surface area (Å²) in [4.78, 5) is 0. The van der Waals surface area contributed by atoms with Crippen molar-refractivity contribution in [3.63, 3.8) is 0 Å². The van der Waals surface area contributed by atoms with Crippen LogP contribution in [0.4, 0.5) is 0 Å². The van der Waals surface area contributed by atoms with E-state index in [4.69, 9.17) is 10.00 Å². The van der Waals surface area contributed by atoms with E-state index in [-0.39, 0.29) is 5.92 Å². The third kappa shape index (κ3) is 4.73. The molecule has 0 saturated heterocycles. The first-order valence-corrected chi connectivity index (χ1v) is 12.0. The maximum absolute atomic E-state index is 9.03. The number of nitriles is 1. The zero-order chi connectivity index (χ0) is 22.5. The number of nitrogens with zero attached hydrogens (tertiary/aromatic N) is 1. The third-order valence-electron chi connectivity index (χ3n) is 5.43. The normalized spacial score (nSPS) is 11.4. The van der Waals surface area contributed by atoms with Crippen LogP contribution in [0.25, 0.3) is 21.2 Å². The smallest absolute Gasteiger partial charge is 0.119 e. The van der Waals surface area contributed by atoms with Crippen molar-refractivity contribution in [2.75, 3.05) is 0 Å². The fourth-order valence-electron chi connectivity index (χ4n) is 3.79. The van der Waals surface area contributed by atoms with Gasteiger partial charge in [-0.2, -0.15) is 5.26 Å². The van der Waals surface area contributed by atoms with Gasteiger partial charge in [0.05, 0.1) is 22.2 Å². The topological polar surface area (TPSA) is 33.0 Å². The molecule has 4 aromatic rings. The first-order chi connectivity index (χ1) is 15.6. The maximum atomic E-state index is 9.03. The highest BCUT2D eigenvalue weighted by Crippen LogP contribution is 2.43. The number of rotatable bonds is 6. The van der Waals surface area contributed by atoms with E-state index < -0.39 is 0 Å².